The third-order valence-electron chi connectivity index (χ3n) is 7.45. The lowest BCUT2D eigenvalue weighted by atomic mass is 9.88. The highest BCUT2D eigenvalue weighted by Crippen LogP contribution is 2.31. The Kier molecular flexibility index (Phi) is 6.42. The molecule has 1 aromatic heterocycles. The molecule has 2 saturated carbocycles. The van der Waals surface area contributed by atoms with Crippen LogP contribution in [0.3, 0.4) is 0 Å². The molecule has 0 spiro atoms. The van der Waals surface area contributed by atoms with Gasteiger partial charge < -0.3 is 9.67 Å². The molecule has 0 amide bonds. The molecule has 0 unspecified atom stereocenters. The third kappa shape index (κ3) is 4.16. The van der Waals surface area contributed by atoms with Crippen molar-refractivity contribution in [2.45, 2.75) is 103 Å². The summed E-state index contributed by atoms with van der Waals surface area (Å²) >= 11 is 0. The Hall–Kier alpha value is -1.32. The average molecular weight is 383 g/mol. The number of fused-ring (bicyclic) bond motifs is 1. The number of benzene rings is 1. The summed E-state index contributed by atoms with van der Waals surface area (Å²) in [6.07, 6.45) is 13.3. The summed E-state index contributed by atoms with van der Waals surface area (Å²) < 4.78 is 2.34. The summed E-state index contributed by atoms with van der Waals surface area (Å²) in [7, 11) is 0. The van der Waals surface area contributed by atoms with Crippen molar-refractivity contribution < 1.29 is 5.11 Å². The van der Waals surface area contributed by atoms with E-state index in [2.05, 4.69) is 47.6 Å². The highest BCUT2D eigenvalue weighted by Gasteiger charge is 2.30. The molecule has 1 aromatic carbocycles. The lowest BCUT2D eigenvalue weighted by Gasteiger charge is -2.42. The maximum absolute atomic E-state index is 11.2. The second-order valence-corrected chi connectivity index (χ2v) is 9.27. The average Bonchev–Trinajstić information content (AvgIpc) is 2.98. The van der Waals surface area contributed by atoms with E-state index in [4.69, 9.17) is 0 Å². The fraction of sp³-hybridized carbons (Fsp3) is 0.680. The summed E-state index contributed by atoms with van der Waals surface area (Å²) in [5.74, 6) is 0. The Morgan fingerprint density at radius 2 is 1.50 bits per heavy atom. The monoisotopic (exact) mass is 382 g/mol. The van der Waals surface area contributed by atoms with Gasteiger partial charge >= 0.3 is 0 Å². The highest BCUT2D eigenvalue weighted by molar-refractivity contribution is 5.85. The van der Waals surface area contributed by atoms with Crippen LogP contribution in [0.2, 0.25) is 0 Å². The van der Waals surface area contributed by atoms with E-state index >= 15 is 0 Å². The number of rotatable bonds is 6. The van der Waals surface area contributed by atoms with Gasteiger partial charge in [0.2, 0.25) is 0 Å². The van der Waals surface area contributed by atoms with Crippen LogP contribution in [-0.2, 0) is 6.54 Å². The van der Waals surface area contributed by atoms with Crippen LogP contribution in [0.1, 0.15) is 75.5 Å². The normalized spacial score (nSPS) is 20.9. The summed E-state index contributed by atoms with van der Waals surface area (Å²) in [5.41, 5.74) is 3.90. The van der Waals surface area contributed by atoms with Gasteiger partial charge in [-0.3, -0.25) is 4.90 Å². The van der Waals surface area contributed by atoms with Crippen molar-refractivity contribution in [3.8, 4) is 0 Å². The summed E-state index contributed by atoms with van der Waals surface area (Å²) in [6.45, 7) is 5.94. The Balaban J connectivity index is 1.51. The highest BCUT2D eigenvalue weighted by atomic mass is 16.3. The first kappa shape index (κ1) is 20.0. The predicted octanol–water partition coefficient (Wildman–Crippen LogP) is 5.59. The van der Waals surface area contributed by atoms with E-state index in [0.29, 0.717) is 18.6 Å². The third-order valence-corrected chi connectivity index (χ3v) is 7.45. The zero-order chi connectivity index (χ0) is 19.5. The number of hydrogen-bond acceptors (Lipinski definition) is 2. The minimum absolute atomic E-state index is 0.308. The van der Waals surface area contributed by atoms with Gasteiger partial charge in [-0.05, 0) is 51.2 Å². The number of aryl methyl sites for hydroxylation is 1. The first-order valence-corrected chi connectivity index (χ1v) is 11.6. The van der Waals surface area contributed by atoms with Gasteiger partial charge in [-0.2, -0.15) is 0 Å². The molecule has 2 aliphatic rings. The van der Waals surface area contributed by atoms with Crippen LogP contribution in [0.5, 0.6) is 0 Å². The number of hydrogen-bond donors (Lipinski definition) is 1. The van der Waals surface area contributed by atoms with Gasteiger partial charge in [0.15, 0.2) is 0 Å². The fourth-order valence-corrected chi connectivity index (χ4v) is 5.77. The SMILES string of the molecule is Cc1c(C)n(C[C@H](O)CN(C2CCCCC2)C2CCCCC2)c2ccccc12. The molecule has 0 bridgehead atoms. The minimum Gasteiger partial charge on any atom is -0.390 e. The van der Waals surface area contributed by atoms with Crippen LogP contribution < -0.4 is 0 Å². The first-order chi connectivity index (χ1) is 13.6. The van der Waals surface area contributed by atoms with Gasteiger partial charge in [-0.1, -0.05) is 56.7 Å². The van der Waals surface area contributed by atoms with Crippen molar-refractivity contribution in [3.63, 3.8) is 0 Å². The van der Waals surface area contributed by atoms with Crippen LogP contribution in [0.4, 0.5) is 0 Å². The molecule has 2 aliphatic carbocycles. The van der Waals surface area contributed by atoms with Gasteiger partial charge in [0.25, 0.3) is 0 Å². The smallest absolute Gasteiger partial charge is 0.0846 e. The fourth-order valence-electron chi connectivity index (χ4n) is 5.77. The Labute approximate surface area is 170 Å². The van der Waals surface area contributed by atoms with Crippen molar-refractivity contribution >= 4 is 10.9 Å². The van der Waals surface area contributed by atoms with Crippen molar-refractivity contribution in [2.75, 3.05) is 6.54 Å². The van der Waals surface area contributed by atoms with Crippen LogP contribution in [0.25, 0.3) is 10.9 Å². The zero-order valence-corrected chi connectivity index (χ0v) is 17.9. The summed E-state index contributed by atoms with van der Waals surface area (Å²) in [4.78, 5) is 2.73. The van der Waals surface area contributed by atoms with E-state index < -0.39 is 0 Å². The molecule has 3 heteroatoms. The number of nitrogens with zero attached hydrogens (tertiary/aromatic N) is 2. The number of para-hydroxylation sites is 1. The van der Waals surface area contributed by atoms with E-state index in [0.717, 1.165) is 6.54 Å². The number of aliphatic hydroxyl groups excluding tert-OH is 1. The molecule has 1 atom stereocenters. The Morgan fingerprint density at radius 1 is 0.929 bits per heavy atom. The zero-order valence-electron chi connectivity index (χ0n) is 17.9. The summed E-state index contributed by atoms with van der Waals surface area (Å²) in [6, 6.07) is 10.0. The Morgan fingerprint density at radius 3 is 2.11 bits per heavy atom. The van der Waals surface area contributed by atoms with E-state index in [9.17, 15) is 5.11 Å². The first-order valence-electron chi connectivity index (χ1n) is 11.6. The lowest BCUT2D eigenvalue weighted by molar-refractivity contribution is 0.0236. The van der Waals surface area contributed by atoms with Crippen molar-refractivity contribution in [1.29, 1.82) is 0 Å². The van der Waals surface area contributed by atoms with E-state index in [1.54, 1.807) is 0 Å². The molecular weight excluding hydrogens is 344 g/mol. The molecule has 4 rings (SSSR count). The molecule has 154 valence electrons. The second-order valence-electron chi connectivity index (χ2n) is 9.27. The van der Waals surface area contributed by atoms with Gasteiger partial charge in [-0.25, -0.2) is 0 Å². The maximum atomic E-state index is 11.2. The second kappa shape index (κ2) is 9.00. The number of aromatic nitrogens is 1. The molecule has 28 heavy (non-hydrogen) atoms. The van der Waals surface area contributed by atoms with E-state index in [1.165, 1.54) is 86.4 Å². The van der Waals surface area contributed by atoms with E-state index in [1.807, 2.05) is 0 Å². The van der Waals surface area contributed by atoms with Crippen LogP contribution in [0.15, 0.2) is 24.3 Å². The van der Waals surface area contributed by atoms with Gasteiger partial charge in [-0.15, -0.1) is 0 Å². The van der Waals surface area contributed by atoms with Gasteiger partial charge in [0.05, 0.1) is 12.6 Å². The molecule has 3 nitrogen and oxygen atoms in total. The van der Waals surface area contributed by atoms with E-state index in [-0.39, 0.29) is 6.10 Å². The largest absolute Gasteiger partial charge is 0.390 e. The minimum atomic E-state index is -0.308. The van der Waals surface area contributed by atoms with Crippen molar-refractivity contribution in [3.05, 3.63) is 35.5 Å². The molecule has 0 saturated heterocycles. The molecule has 0 aliphatic heterocycles. The molecule has 2 fully saturated rings. The molecular formula is C25H38N2O. The van der Waals surface area contributed by atoms with Gasteiger partial charge in [0.1, 0.15) is 0 Å². The maximum Gasteiger partial charge on any atom is 0.0846 e. The van der Waals surface area contributed by atoms with Gasteiger partial charge in [0, 0.05) is 35.2 Å². The molecule has 2 aromatic rings. The Bertz CT molecular complexity index is 750. The quantitative estimate of drug-likeness (QED) is 0.706. The lowest BCUT2D eigenvalue weighted by Crippen LogP contribution is -2.49. The van der Waals surface area contributed by atoms with Crippen LogP contribution in [0, 0.1) is 13.8 Å². The van der Waals surface area contributed by atoms with Crippen molar-refractivity contribution in [1.82, 2.24) is 9.47 Å². The molecule has 0 radical (unpaired) electrons. The molecule has 1 N–H and O–H groups in total. The predicted molar refractivity (Wildman–Crippen MR) is 118 cm³/mol. The number of aliphatic hydroxyl groups is 1. The van der Waals surface area contributed by atoms with Crippen molar-refractivity contribution in [2.24, 2.45) is 0 Å². The topological polar surface area (TPSA) is 28.4 Å². The van der Waals surface area contributed by atoms with Crippen LogP contribution in [-0.4, -0.2) is 39.3 Å². The molecule has 1 heterocycles. The summed E-state index contributed by atoms with van der Waals surface area (Å²) in [5, 5.41) is 12.5. The van der Waals surface area contributed by atoms with Crippen LogP contribution >= 0.6 is 0 Å². The standard InChI is InChI=1S/C25H38N2O/c1-19-20(2)26(25-16-10-9-15-24(19)25)17-23(28)18-27(21-11-5-3-6-12-21)22-13-7-4-8-14-22/h9-10,15-16,21-23,28H,3-8,11-14,17-18H2,1-2H3/t23-/m0/s1.